The van der Waals surface area contributed by atoms with Crippen LogP contribution in [0.15, 0.2) is 0 Å². The Bertz CT molecular complexity index is 361. The first-order valence-electron chi connectivity index (χ1n) is 7.84. The van der Waals surface area contributed by atoms with Gasteiger partial charge < -0.3 is 20.5 Å². The minimum atomic E-state index is -0.481. The van der Waals surface area contributed by atoms with Gasteiger partial charge in [0, 0.05) is 24.0 Å². The van der Waals surface area contributed by atoms with Crippen LogP contribution in [-0.2, 0) is 4.74 Å². The van der Waals surface area contributed by atoms with Gasteiger partial charge in [-0.1, -0.05) is 27.7 Å². The van der Waals surface area contributed by atoms with E-state index in [1.165, 1.54) is 0 Å². The zero-order valence-electron chi connectivity index (χ0n) is 14.5. The van der Waals surface area contributed by atoms with Crippen LogP contribution in [-0.4, -0.2) is 41.5 Å². The van der Waals surface area contributed by atoms with E-state index >= 15 is 0 Å². The van der Waals surface area contributed by atoms with Gasteiger partial charge in [0.15, 0.2) is 0 Å². The standard InChI is InChI=1S/C16H32N2O3/c1-10(2)11(9-17-14(20)21-15(3,4)5)18-12-8-13(19)16(12,6)7/h10-13,18-19H,8-9H2,1-7H3,(H,17,20). The van der Waals surface area contributed by atoms with Crippen molar-refractivity contribution in [2.24, 2.45) is 11.3 Å². The zero-order valence-corrected chi connectivity index (χ0v) is 14.5. The van der Waals surface area contributed by atoms with Gasteiger partial charge in [-0.3, -0.25) is 0 Å². The summed E-state index contributed by atoms with van der Waals surface area (Å²) < 4.78 is 5.25. The summed E-state index contributed by atoms with van der Waals surface area (Å²) >= 11 is 0. The maximum absolute atomic E-state index is 11.7. The third-order valence-corrected chi connectivity index (χ3v) is 4.30. The summed E-state index contributed by atoms with van der Waals surface area (Å²) in [5, 5.41) is 16.2. The number of nitrogens with one attached hydrogen (secondary N) is 2. The highest BCUT2D eigenvalue weighted by atomic mass is 16.6. The Balaban J connectivity index is 2.47. The first-order chi connectivity index (χ1) is 9.43. The highest BCUT2D eigenvalue weighted by Crippen LogP contribution is 2.40. The quantitative estimate of drug-likeness (QED) is 0.728. The Hall–Kier alpha value is -0.810. The minimum absolute atomic E-state index is 0.112. The van der Waals surface area contributed by atoms with Crippen molar-refractivity contribution in [2.75, 3.05) is 6.54 Å². The number of hydrogen-bond donors (Lipinski definition) is 3. The number of carbonyl (C=O) groups excluding carboxylic acids is 1. The average molecular weight is 300 g/mol. The second kappa shape index (κ2) is 6.53. The third kappa shape index (κ3) is 5.15. The smallest absolute Gasteiger partial charge is 0.407 e. The molecule has 5 nitrogen and oxygen atoms in total. The highest BCUT2D eigenvalue weighted by Gasteiger charge is 2.47. The molecule has 0 radical (unpaired) electrons. The predicted molar refractivity (Wildman–Crippen MR) is 84.2 cm³/mol. The molecular formula is C16H32N2O3. The molecule has 0 aromatic heterocycles. The monoisotopic (exact) mass is 300 g/mol. The van der Waals surface area contributed by atoms with E-state index in [9.17, 15) is 9.90 Å². The Kier molecular flexibility index (Phi) is 5.67. The molecule has 1 rings (SSSR count). The van der Waals surface area contributed by atoms with Crippen LogP contribution in [0.4, 0.5) is 4.79 Å². The number of rotatable bonds is 5. The summed E-state index contributed by atoms with van der Waals surface area (Å²) in [5.74, 6) is 0.383. The number of alkyl carbamates (subject to hydrolysis) is 1. The van der Waals surface area contributed by atoms with E-state index in [0.29, 0.717) is 12.5 Å². The lowest BCUT2D eigenvalue weighted by molar-refractivity contribution is -0.0773. The maximum atomic E-state index is 11.7. The van der Waals surface area contributed by atoms with Crippen LogP contribution in [0.2, 0.25) is 0 Å². The number of amides is 1. The van der Waals surface area contributed by atoms with E-state index in [0.717, 1.165) is 6.42 Å². The van der Waals surface area contributed by atoms with Crippen molar-refractivity contribution in [3.05, 3.63) is 0 Å². The molecule has 0 bridgehead atoms. The summed E-state index contributed by atoms with van der Waals surface area (Å²) in [5.41, 5.74) is -0.593. The molecule has 0 aliphatic heterocycles. The van der Waals surface area contributed by atoms with Crippen LogP contribution >= 0.6 is 0 Å². The lowest BCUT2D eigenvalue weighted by Crippen LogP contribution is -2.63. The van der Waals surface area contributed by atoms with E-state index in [2.05, 4.69) is 38.3 Å². The molecule has 1 saturated carbocycles. The number of aliphatic hydroxyl groups is 1. The van der Waals surface area contributed by atoms with Crippen molar-refractivity contribution in [2.45, 2.75) is 78.7 Å². The lowest BCUT2D eigenvalue weighted by atomic mass is 9.64. The predicted octanol–water partition coefficient (Wildman–Crippen LogP) is 2.28. The first-order valence-corrected chi connectivity index (χ1v) is 7.84. The number of hydrogen-bond acceptors (Lipinski definition) is 4. The van der Waals surface area contributed by atoms with Crippen molar-refractivity contribution in [1.29, 1.82) is 0 Å². The van der Waals surface area contributed by atoms with E-state index in [-0.39, 0.29) is 29.7 Å². The van der Waals surface area contributed by atoms with Crippen molar-refractivity contribution < 1.29 is 14.6 Å². The topological polar surface area (TPSA) is 70.6 Å². The third-order valence-electron chi connectivity index (χ3n) is 4.30. The molecule has 3 N–H and O–H groups in total. The molecule has 0 heterocycles. The molecule has 1 aliphatic rings. The van der Waals surface area contributed by atoms with Gasteiger partial charge >= 0.3 is 6.09 Å². The fourth-order valence-corrected chi connectivity index (χ4v) is 2.44. The van der Waals surface area contributed by atoms with Crippen molar-refractivity contribution in [1.82, 2.24) is 10.6 Å². The maximum Gasteiger partial charge on any atom is 0.407 e. The number of ether oxygens (including phenoxy) is 1. The molecule has 3 unspecified atom stereocenters. The van der Waals surface area contributed by atoms with Crippen LogP contribution < -0.4 is 10.6 Å². The summed E-state index contributed by atoms with van der Waals surface area (Å²) in [6, 6.07) is 0.439. The van der Waals surface area contributed by atoms with Crippen molar-refractivity contribution in [3.8, 4) is 0 Å². The first kappa shape index (κ1) is 18.2. The average Bonchev–Trinajstić information content (AvgIpc) is 2.30. The Morgan fingerprint density at radius 2 is 1.95 bits per heavy atom. The van der Waals surface area contributed by atoms with Gasteiger partial charge in [0.1, 0.15) is 5.60 Å². The molecule has 0 spiro atoms. The number of carbonyl (C=O) groups is 1. The van der Waals surface area contributed by atoms with Crippen molar-refractivity contribution in [3.63, 3.8) is 0 Å². The van der Waals surface area contributed by atoms with E-state index in [4.69, 9.17) is 4.74 Å². The fraction of sp³-hybridized carbons (Fsp3) is 0.938. The van der Waals surface area contributed by atoms with Gasteiger partial charge in [0.05, 0.1) is 6.10 Å². The molecule has 0 aromatic rings. The Labute approximate surface area is 128 Å². The molecule has 21 heavy (non-hydrogen) atoms. The molecule has 5 heteroatoms. The minimum Gasteiger partial charge on any atom is -0.444 e. The largest absolute Gasteiger partial charge is 0.444 e. The second-order valence-electron chi connectivity index (χ2n) is 8.03. The summed E-state index contributed by atoms with van der Waals surface area (Å²) in [6.45, 7) is 14.5. The van der Waals surface area contributed by atoms with Crippen LogP contribution in [0.25, 0.3) is 0 Å². The summed E-state index contributed by atoms with van der Waals surface area (Å²) in [6.07, 6.45) is 0.132. The second-order valence-corrected chi connectivity index (χ2v) is 8.03. The molecule has 124 valence electrons. The van der Waals surface area contributed by atoms with Crippen LogP contribution in [0.5, 0.6) is 0 Å². The summed E-state index contributed by atoms with van der Waals surface area (Å²) in [7, 11) is 0. The molecule has 0 saturated heterocycles. The molecule has 3 atom stereocenters. The molecule has 1 amide bonds. The molecule has 1 aliphatic carbocycles. The van der Waals surface area contributed by atoms with E-state index in [1.807, 2.05) is 20.8 Å². The SMILES string of the molecule is CC(C)C(CNC(=O)OC(C)(C)C)NC1CC(O)C1(C)C. The number of aliphatic hydroxyl groups excluding tert-OH is 1. The lowest BCUT2D eigenvalue weighted by Gasteiger charge is -2.51. The van der Waals surface area contributed by atoms with Crippen LogP contribution in [0.1, 0.15) is 54.9 Å². The molecule has 1 fully saturated rings. The van der Waals surface area contributed by atoms with E-state index < -0.39 is 5.60 Å². The fourth-order valence-electron chi connectivity index (χ4n) is 2.44. The van der Waals surface area contributed by atoms with E-state index in [1.54, 1.807) is 0 Å². The van der Waals surface area contributed by atoms with Gasteiger partial charge in [-0.05, 0) is 33.1 Å². The van der Waals surface area contributed by atoms with Crippen LogP contribution in [0.3, 0.4) is 0 Å². The normalized spacial score (nSPS) is 26.1. The van der Waals surface area contributed by atoms with Gasteiger partial charge in [-0.15, -0.1) is 0 Å². The van der Waals surface area contributed by atoms with Gasteiger partial charge in [0.25, 0.3) is 0 Å². The van der Waals surface area contributed by atoms with Crippen molar-refractivity contribution >= 4 is 6.09 Å². The van der Waals surface area contributed by atoms with Gasteiger partial charge in [0.2, 0.25) is 0 Å². The van der Waals surface area contributed by atoms with Crippen LogP contribution in [0, 0.1) is 11.3 Å². The zero-order chi connectivity index (χ0) is 16.4. The molecular weight excluding hydrogens is 268 g/mol. The Morgan fingerprint density at radius 1 is 1.38 bits per heavy atom. The highest BCUT2D eigenvalue weighted by molar-refractivity contribution is 5.67. The van der Waals surface area contributed by atoms with Gasteiger partial charge in [-0.25, -0.2) is 4.79 Å². The Morgan fingerprint density at radius 3 is 2.33 bits per heavy atom. The summed E-state index contributed by atoms with van der Waals surface area (Å²) in [4.78, 5) is 11.7. The van der Waals surface area contributed by atoms with Gasteiger partial charge in [-0.2, -0.15) is 0 Å². The molecule has 0 aromatic carbocycles.